The molecule has 1 atom stereocenters. The van der Waals surface area contributed by atoms with Gasteiger partial charge in [-0.1, -0.05) is 6.07 Å². The summed E-state index contributed by atoms with van der Waals surface area (Å²) in [6, 6.07) is 4.12. The van der Waals surface area contributed by atoms with Gasteiger partial charge in [-0.3, -0.25) is 0 Å². The van der Waals surface area contributed by atoms with Crippen LogP contribution in [0.5, 0.6) is 0 Å². The van der Waals surface area contributed by atoms with Gasteiger partial charge in [-0.2, -0.15) is 0 Å². The number of hydrogen-bond donors (Lipinski definition) is 1. The molecule has 0 radical (unpaired) electrons. The Hall–Kier alpha value is -0.420. The van der Waals surface area contributed by atoms with E-state index in [-0.39, 0.29) is 6.10 Å². The molecule has 3 nitrogen and oxygen atoms in total. The zero-order chi connectivity index (χ0) is 10.5. The molecule has 2 heterocycles. The van der Waals surface area contributed by atoms with E-state index in [4.69, 9.17) is 15.2 Å². The fourth-order valence-electron chi connectivity index (χ4n) is 1.76. The third-order valence-corrected chi connectivity index (χ3v) is 3.56. The van der Waals surface area contributed by atoms with Crippen LogP contribution in [0.3, 0.4) is 0 Å². The highest BCUT2D eigenvalue weighted by molar-refractivity contribution is 7.10. The molecular formula is C11H17NO2S. The van der Waals surface area contributed by atoms with E-state index in [1.807, 2.05) is 6.07 Å². The SMILES string of the molecule is NCC(OC1CCOCC1)c1cccs1. The van der Waals surface area contributed by atoms with Crippen molar-refractivity contribution in [3.05, 3.63) is 22.4 Å². The largest absolute Gasteiger partial charge is 0.381 e. The summed E-state index contributed by atoms with van der Waals surface area (Å²) >= 11 is 1.71. The third kappa shape index (κ3) is 3.01. The van der Waals surface area contributed by atoms with Crippen molar-refractivity contribution in [1.82, 2.24) is 0 Å². The first-order valence-electron chi connectivity index (χ1n) is 5.37. The minimum Gasteiger partial charge on any atom is -0.381 e. The first-order valence-corrected chi connectivity index (χ1v) is 6.25. The standard InChI is InChI=1S/C11H17NO2S/c12-8-10(11-2-1-7-15-11)14-9-3-5-13-6-4-9/h1-2,7,9-10H,3-6,8,12H2. The van der Waals surface area contributed by atoms with Crippen molar-refractivity contribution in [1.29, 1.82) is 0 Å². The average molecular weight is 227 g/mol. The minimum absolute atomic E-state index is 0.0631. The van der Waals surface area contributed by atoms with E-state index in [1.54, 1.807) is 11.3 Å². The summed E-state index contributed by atoms with van der Waals surface area (Å²) in [5.74, 6) is 0. The normalized spacial score (nSPS) is 20.3. The highest BCUT2D eigenvalue weighted by Gasteiger charge is 2.20. The molecule has 1 fully saturated rings. The summed E-state index contributed by atoms with van der Waals surface area (Å²) in [5.41, 5.74) is 5.73. The predicted octanol–water partition coefficient (Wildman–Crippen LogP) is 1.94. The van der Waals surface area contributed by atoms with E-state index in [1.165, 1.54) is 4.88 Å². The van der Waals surface area contributed by atoms with Gasteiger partial charge in [0.25, 0.3) is 0 Å². The van der Waals surface area contributed by atoms with Crippen molar-refractivity contribution >= 4 is 11.3 Å². The third-order valence-electron chi connectivity index (χ3n) is 2.60. The first-order chi connectivity index (χ1) is 7.40. The number of rotatable bonds is 4. The van der Waals surface area contributed by atoms with E-state index in [9.17, 15) is 0 Å². The molecule has 15 heavy (non-hydrogen) atoms. The zero-order valence-corrected chi connectivity index (χ0v) is 9.54. The molecule has 0 spiro atoms. The van der Waals surface area contributed by atoms with Gasteiger partial charge < -0.3 is 15.2 Å². The van der Waals surface area contributed by atoms with Crippen molar-refractivity contribution < 1.29 is 9.47 Å². The van der Waals surface area contributed by atoms with Crippen LogP contribution in [0, 0.1) is 0 Å². The van der Waals surface area contributed by atoms with Crippen molar-refractivity contribution in [2.45, 2.75) is 25.0 Å². The molecule has 0 amide bonds. The van der Waals surface area contributed by atoms with E-state index in [0.29, 0.717) is 12.6 Å². The number of thiophene rings is 1. The Morgan fingerprint density at radius 2 is 2.33 bits per heavy atom. The molecule has 1 aromatic rings. The molecule has 0 aliphatic carbocycles. The molecular weight excluding hydrogens is 210 g/mol. The molecule has 1 aromatic heterocycles. The van der Waals surface area contributed by atoms with Gasteiger partial charge in [0, 0.05) is 24.6 Å². The van der Waals surface area contributed by atoms with Gasteiger partial charge in [0.2, 0.25) is 0 Å². The lowest BCUT2D eigenvalue weighted by Crippen LogP contribution is -2.27. The van der Waals surface area contributed by atoms with Crippen LogP contribution in [-0.4, -0.2) is 25.9 Å². The summed E-state index contributed by atoms with van der Waals surface area (Å²) in [7, 11) is 0. The van der Waals surface area contributed by atoms with Crippen LogP contribution < -0.4 is 5.73 Å². The van der Waals surface area contributed by atoms with Gasteiger partial charge in [0.15, 0.2) is 0 Å². The van der Waals surface area contributed by atoms with Crippen LogP contribution in [-0.2, 0) is 9.47 Å². The number of ether oxygens (including phenoxy) is 2. The summed E-state index contributed by atoms with van der Waals surface area (Å²) < 4.78 is 11.3. The molecule has 84 valence electrons. The smallest absolute Gasteiger partial charge is 0.104 e. The van der Waals surface area contributed by atoms with Crippen LogP contribution in [0.15, 0.2) is 17.5 Å². The van der Waals surface area contributed by atoms with Crippen LogP contribution in [0.1, 0.15) is 23.8 Å². The lowest BCUT2D eigenvalue weighted by molar-refractivity contribution is -0.0654. The molecule has 1 saturated heterocycles. The fourth-order valence-corrected chi connectivity index (χ4v) is 2.53. The van der Waals surface area contributed by atoms with Crippen LogP contribution in [0.25, 0.3) is 0 Å². The van der Waals surface area contributed by atoms with Gasteiger partial charge in [0.1, 0.15) is 6.10 Å². The van der Waals surface area contributed by atoms with E-state index < -0.39 is 0 Å². The molecule has 0 saturated carbocycles. The Balaban J connectivity index is 1.90. The van der Waals surface area contributed by atoms with Crippen LogP contribution in [0.2, 0.25) is 0 Å². The highest BCUT2D eigenvalue weighted by atomic mass is 32.1. The van der Waals surface area contributed by atoms with E-state index >= 15 is 0 Å². The molecule has 0 aromatic carbocycles. The van der Waals surface area contributed by atoms with Crippen molar-refractivity contribution in [3.63, 3.8) is 0 Å². The Kier molecular flexibility index (Phi) is 4.14. The van der Waals surface area contributed by atoms with Gasteiger partial charge in [0.05, 0.1) is 6.10 Å². The maximum Gasteiger partial charge on any atom is 0.104 e. The van der Waals surface area contributed by atoms with Crippen molar-refractivity contribution in [2.24, 2.45) is 5.73 Å². The van der Waals surface area contributed by atoms with Crippen LogP contribution >= 0.6 is 11.3 Å². The average Bonchev–Trinajstić information content (AvgIpc) is 2.81. The second-order valence-corrected chi connectivity index (χ2v) is 4.67. The summed E-state index contributed by atoms with van der Waals surface area (Å²) in [5, 5.41) is 2.06. The quantitative estimate of drug-likeness (QED) is 0.855. The lowest BCUT2D eigenvalue weighted by Gasteiger charge is -2.26. The summed E-state index contributed by atoms with van der Waals surface area (Å²) in [4.78, 5) is 1.23. The fraction of sp³-hybridized carbons (Fsp3) is 0.636. The van der Waals surface area contributed by atoms with E-state index in [0.717, 1.165) is 26.1 Å². The Bertz CT molecular complexity index is 270. The predicted molar refractivity (Wildman–Crippen MR) is 61.0 cm³/mol. The van der Waals surface area contributed by atoms with E-state index in [2.05, 4.69) is 11.4 Å². The number of nitrogens with two attached hydrogens (primary N) is 1. The topological polar surface area (TPSA) is 44.5 Å². The Morgan fingerprint density at radius 3 is 2.93 bits per heavy atom. The molecule has 1 aliphatic rings. The maximum atomic E-state index is 5.99. The Morgan fingerprint density at radius 1 is 1.53 bits per heavy atom. The number of hydrogen-bond acceptors (Lipinski definition) is 4. The monoisotopic (exact) mass is 227 g/mol. The van der Waals surface area contributed by atoms with Gasteiger partial charge in [-0.05, 0) is 24.3 Å². The molecule has 4 heteroatoms. The van der Waals surface area contributed by atoms with Crippen LogP contribution in [0.4, 0.5) is 0 Å². The van der Waals surface area contributed by atoms with Gasteiger partial charge in [-0.25, -0.2) is 0 Å². The maximum absolute atomic E-state index is 5.99. The highest BCUT2D eigenvalue weighted by Crippen LogP contribution is 2.25. The van der Waals surface area contributed by atoms with Crippen molar-refractivity contribution in [2.75, 3.05) is 19.8 Å². The summed E-state index contributed by atoms with van der Waals surface area (Å²) in [6.07, 6.45) is 2.35. The molecule has 1 aliphatic heterocycles. The zero-order valence-electron chi connectivity index (χ0n) is 8.72. The second-order valence-electron chi connectivity index (χ2n) is 3.69. The lowest BCUT2D eigenvalue weighted by atomic mass is 10.1. The van der Waals surface area contributed by atoms with Gasteiger partial charge in [-0.15, -0.1) is 11.3 Å². The Labute approximate surface area is 94.2 Å². The summed E-state index contributed by atoms with van der Waals surface area (Å²) in [6.45, 7) is 2.18. The molecule has 0 bridgehead atoms. The van der Waals surface area contributed by atoms with Crippen molar-refractivity contribution in [3.8, 4) is 0 Å². The second kappa shape index (κ2) is 5.61. The molecule has 1 unspecified atom stereocenters. The minimum atomic E-state index is 0.0631. The molecule has 2 rings (SSSR count). The molecule has 2 N–H and O–H groups in total. The first kappa shape index (κ1) is 11.1. The van der Waals surface area contributed by atoms with Gasteiger partial charge >= 0.3 is 0 Å².